The molecule has 4 rings (SSSR count). The highest BCUT2D eigenvalue weighted by molar-refractivity contribution is 5.72. The molecule has 1 heterocycles. The summed E-state index contributed by atoms with van der Waals surface area (Å²) < 4.78 is 0. The van der Waals surface area contributed by atoms with E-state index in [0.29, 0.717) is 5.92 Å². The van der Waals surface area contributed by atoms with Gasteiger partial charge in [0.25, 0.3) is 0 Å². The molecule has 0 saturated heterocycles. The zero-order valence-corrected chi connectivity index (χ0v) is 10.5. The van der Waals surface area contributed by atoms with Gasteiger partial charge in [0.15, 0.2) is 0 Å². The minimum absolute atomic E-state index is 0.400. The van der Waals surface area contributed by atoms with E-state index >= 15 is 0 Å². The normalized spacial score (nSPS) is 18.9. The number of aromatic nitrogens is 1. The van der Waals surface area contributed by atoms with E-state index < -0.39 is 0 Å². The Bertz CT molecular complexity index is 721. The molecule has 1 heteroatoms. The maximum Gasteiger partial charge on any atom is 0.0709 e. The molecule has 2 aliphatic rings. The summed E-state index contributed by atoms with van der Waals surface area (Å²) in [5.74, 6) is 0.400. The summed E-state index contributed by atoms with van der Waals surface area (Å²) in [7, 11) is 0. The van der Waals surface area contributed by atoms with Gasteiger partial charge >= 0.3 is 0 Å². The van der Waals surface area contributed by atoms with Crippen molar-refractivity contribution in [3.05, 3.63) is 83.6 Å². The summed E-state index contributed by atoms with van der Waals surface area (Å²) in [4.78, 5) is 4.80. The van der Waals surface area contributed by atoms with E-state index in [1.54, 1.807) is 0 Å². The van der Waals surface area contributed by atoms with Gasteiger partial charge in [-0.05, 0) is 23.3 Å². The molecule has 90 valence electrons. The summed E-state index contributed by atoms with van der Waals surface area (Å²) in [6.45, 7) is 0. The Morgan fingerprint density at radius 3 is 2.68 bits per heavy atom. The van der Waals surface area contributed by atoms with Gasteiger partial charge in [-0.15, -0.1) is 0 Å². The van der Waals surface area contributed by atoms with Crippen LogP contribution in [0, 0.1) is 0 Å². The second kappa shape index (κ2) is 4.06. The second-order valence-electron chi connectivity index (χ2n) is 4.90. The molecule has 0 fully saturated rings. The van der Waals surface area contributed by atoms with Crippen LogP contribution in [0.15, 0.2) is 72.3 Å². The van der Waals surface area contributed by atoms with Gasteiger partial charge in [0.2, 0.25) is 0 Å². The zero-order valence-electron chi connectivity index (χ0n) is 10.5. The molecule has 1 aromatic heterocycles. The van der Waals surface area contributed by atoms with Gasteiger partial charge in [-0.3, -0.25) is 0 Å². The predicted molar refractivity (Wildman–Crippen MR) is 78.7 cm³/mol. The first-order chi connectivity index (χ1) is 9.42. The summed E-state index contributed by atoms with van der Waals surface area (Å²) in [5, 5.41) is 0. The van der Waals surface area contributed by atoms with Crippen LogP contribution in [0.5, 0.6) is 0 Å². The molecule has 2 aromatic rings. The summed E-state index contributed by atoms with van der Waals surface area (Å²) in [5.41, 5.74) is 5.98. The SMILES string of the molecule is C1=CC2=Cc3nc(-c4ccccc4)ccc3C2C=C1. The Labute approximate surface area is 112 Å². The highest BCUT2D eigenvalue weighted by Gasteiger charge is 2.23. The largest absolute Gasteiger partial charge is 0.248 e. The molecule has 0 aliphatic heterocycles. The van der Waals surface area contributed by atoms with Gasteiger partial charge in [-0.1, -0.05) is 60.7 Å². The van der Waals surface area contributed by atoms with E-state index in [4.69, 9.17) is 4.98 Å². The maximum atomic E-state index is 4.80. The Morgan fingerprint density at radius 2 is 1.79 bits per heavy atom. The molecule has 1 aromatic carbocycles. The van der Waals surface area contributed by atoms with Crippen LogP contribution in [0.3, 0.4) is 0 Å². The van der Waals surface area contributed by atoms with Crippen LogP contribution < -0.4 is 0 Å². The Morgan fingerprint density at radius 1 is 0.895 bits per heavy atom. The summed E-state index contributed by atoms with van der Waals surface area (Å²) in [6, 6.07) is 14.7. The molecule has 0 spiro atoms. The summed E-state index contributed by atoms with van der Waals surface area (Å²) >= 11 is 0. The van der Waals surface area contributed by atoms with E-state index in [2.05, 4.69) is 54.6 Å². The van der Waals surface area contributed by atoms with Gasteiger partial charge < -0.3 is 0 Å². The third-order valence-electron chi connectivity index (χ3n) is 3.73. The van der Waals surface area contributed by atoms with Crippen molar-refractivity contribution in [2.75, 3.05) is 0 Å². The van der Waals surface area contributed by atoms with Gasteiger partial charge in [0, 0.05) is 11.5 Å². The lowest BCUT2D eigenvalue weighted by Crippen LogP contribution is -1.97. The van der Waals surface area contributed by atoms with E-state index in [0.717, 1.165) is 11.4 Å². The number of nitrogens with zero attached hydrogens (tertiary/aromatic N) is 1. The molecular weight excluding hydrogens is 230 g/mol. The lowest BCUT2D eigenvalue weighted by Gasteiger charge is -2.12. The molecule has 19 heavy (non-hydrogen) atoms. The molecule has 0 amide bonds. The minimum atomic E-state index is 0.400. The monoisotopic (exact) mass is 243 g/mol. The van der Waals surface area contributed by atoms with Crippen LogP contribution in [-0.2, 0) is 0 Å². The van der Waals surface area contributed by atoms with Crippen LogP contribution in [0.2, 0.25) is 0 Å². The Balaban J connectivity index is 1.83. The predicted octanol–water partition coefficient (Wildman–Crippen LogP) is 4.36. The van der Waals surface area contributed by atoms with Crippen molar-refractivity contribution in [2.45, 2.75) is 5.92 Å². The van der Waals surface area contributed by atoms with Crippen LogP contribution >= 0.6 is 0 Å². The number of fused-ring (bicyclic) bond motifs is 3. The lowest BCUT2D eigenvalue weighted by atomic mass is 9.93. The van der Waals surface area contributed by atoms with Crippen molar-refractivity contribution in [3.8, 4) is 11.3 Å². The van der Waals surface area contributed by atoms with Crippen LogP contribution in [-0.4, -0.2) is 4.98 Å². The Hall–Kier alpha value is -2.41. The van der Waals surface area contributed by atoms with Gasteiger partial charge in [0.1, 0.15) is 0 Å². The molecule has 0 radical (unpaired) electrons. The average molecular weight is 243 g/mol. The first-order valence-corrected chi connectivity index (χ1v) is 6.55. The molecule has 1 unspecified atom stereocenters. The molecular formula is C18H13N. The number of pyridine rings is 1. The average Bonchev–Trinajstić information content (AvgIpc) is 2.86. The standard InChI is InChI=1S/C18H13N/c1-2-6-13(7-3-1)17-11-10-16-15-9-5-4-8-14(15)12-18(16)19-17/h1-12,15H. The van der Waals surface area contributed by atoms with E-state index in [1.807, 2.05) is 18.2 Å². The number of hydrogen-bond acceptors (Lipinski definition) is 1. The fraction of sp³-hybridized carbons (Fsp3) is 0.0556. The lowest BCUT2D eigenvalue weighted by molar-refractivity contribution is 1.03. The molecule has 1 nitrogen and oxygen atoms in total. The minimum Gasteiger partial charge on any atom is -0.248 e. The summed E-state index contributed by atoms with van der Waals surface area (Å²) in [6.07, 6.45) is 10.8. The first kappa shape index (κ1) is 10.5. The quantitative estimate of drug-likeness (QED) is 0.725. The highest BCUT2D eigenvalue weighted by Crippen LogP contribution is 2.39. The van der Waals surface area contributed by atoms with E-state index in [9.17, 15) is 0 Å². The third kappa shape index (κ3) is 1.66. The zero-order chi connectivity index (χ0) is 12.7. The number of benzene rings is 1. The van der Waals surface area contributed by atoms with Crippen molar-refractivity contribution < 1.29 is 0 Å². The van der Waals surface area contributed by atoms with Gasteiger partial charge in [-0.25, -0.2) is 4.98 Å². The molecule has 2 aliphatic carbocycles. The molecule has 0 N–H and O–H groups in total. The molecule has 0 saturated carbocycles. The van der Waals surface area contributed by atoms with E-state index in [1.165, 1.54) is 16.7 Å². The van der Waals surface area contributed by atoms with Crippen molar-refractivity contribution in [2.24, 2.45) is 0 Å². The second-order valence-corrected chi connectivity index (χ2v) is 4.90. The maximum absolute atomic E-state index is 4.80. The molecule has 0 bridgehead atoms. The van der Waals surface area contributed by atoms with Gasteiger partial charge in [0.05, 0.1) is 11.4 Å². The number of allylic oxidation sites excluding steroid dienone is 5. The first-order valence-electron chi connectivity index (χ1n) is 6.55. The smallest absolute Gasteiger partial charge is 0.0709 e. The van der Waals surface area contributed by atoms with Crippen molar-refractivity contribution in [1.29, 1.82) is 0 Å². The van der Waals surface area contributed by atoms with Crippen molar-refractivity contribution in [1.82, 2.24) is 4.98 Å². The highest BCUT2D eigenvalue weighted by atomic mass is 14.7. The fourth-order valence-electron chi connectivity index (χ4n) is 2.77. The molecule has 1 atom stereocenters. The third-order valence-corrected chi connectivity index (χ3v) is 3.73. The van der Waals surface area contributed by atoms with Crippen molar-refractivity contribution in [3.63, 3.8) is 0 Å². The number of rotatable bonds is 1. The fourth-order valence-corrected chi connectivity index (χ4v) is 2.77. The number of hydrogen-bond donors (Lipinski definition) is 0. The van der Waals surface area contributed by atoms with Crippen LogP contribution in [0.25, 0.3) is 17.3 Å². The van der Waals surface area contributed by atoms with Crippen LogP contribution in [0.4, 0.5) is 0 Å². The Kier molecular flexibility index (Phi) is 2.25. The topological polar surface area (TPSA) is 12.9 Å². The van der Waals surface area contributed by atoms with Gasteiger partial charge in [-0.2, -0.15) is 0 Å². The van der Waals surface area contributed by atoms with Crippen molar-refractivity contribution >= 4 is 6.08 Å². The van der Waals surface area contributed by atoms with Crippen LogP contribution in [0.1, 0.15) is 17.2 Å². The van der Waals surface area contributed by atoms with E-state index in [-0.39, 0.29) is 0 Å².